The van der Waals surface area contributed by atoms with Crippen LogP contribution in [0.5, 0.6) is 0 Å². The lowest BCUT2D eigenvalue weighted by atomic mass is 10.2. The molecule has 1 fully saturated rings. The molecule has 1 aliphatic rings. The average molecular weight is 366 g/mol. The Morgan fingerprint density at radius 3 is 2.67 bits per heavy atom. The van der Waals surface area contributed by atoms with E-state index < -0.39 is 15.1 Å². The molecule has 3 rings (SSSR count). The monoisotopic (exact) mass is 365 g/mol. The molecule has 0 atom stereocenters. The van der Waals surface area contributed by atoms with E-state index in [0.29, 0.717) is 10.8 Å². The molecule has 0 spiro atoms. The average Bonchev–Trinajstić information content (AvgIpc) is 2.96. The number of hydrogen-bond acceptors (Lipinski definition) is 4. The second-order valence-corrected chi connectivity index (χ2v) is 8.29. The van der Waals surface area contributed by atoms with E-state index in [1.165, 1.54) is 17.2 Å². The summed E-state index contributed by atoms with van der Waals surface area (Å²) >= 11 is 6.02. The van der Waals surface area contributed by atoms with Gasteiger partial charge in [0.15, 0.2) is 9.84 Å². The van der Waals surface area contributed by atoms with Crippen LogP contribution in [0.25, 0.3) is 6.08 Å². The summed E-state index contributed by atoms with van der Waals surface area (Å²) in [7, 11) is -3.32. The summed E-state index contributed by atoms with van der Waals surface area (Å²) in [5, 5.41) is 0.0179. The molecule has 0 saturated carbocycles. The van der Waals surface area contributed by atoms with Gasteiger partial charge in [0.05, 0.1) is 11.5 Å². The highest BCUT2D eigenvalue weighted by atomic mass is 35.5. The highest BCUT2D eigenvalue weighted by Gasteiger charge is 2.39. The molecule has 1 aliphatic heterocycles. The lowest BCUT2D eigenvalue weighted by Crippen LogP contribution is -2.56. The molecule has 1 amide bonds. The normalized spacial score (nSPS) is 15.6. The van der Waals surface area contributed by atoms with Gasteiger partial charge in [0.25, 0.3) is 0 Å². The second kappa shape index (κ2) is 6.83. The smallest absolute Gasteiger partial charge is 0.246 e. The Hall–Kier alpha value is -2.05. The van der Waals surface area contributed by atoms with Crippen molar-refractivity contribution in [3.63, 3.8) is 0 Å². The second-order valence-electron chi connectivity index (χ2n) is 5.61. The van der Waals surface area contributed by atoms with Crippen LogP contribution in [0.1, 0.15) is 11.3 Å². The van der Waals surface area contributed by atoms with Gasteiger partial charge in [-0.15, -0.1) is 0 Å². The summed E-state index contributed by atoms with van der Waals surface area (Å²) in [5.41, 5.74) is 0.745. The number of likely N-dealkylation sites (tertiary alicyclic amines) is 1. The summed E-state index contributed by atoms with van der Waals surface area (Å²) in [6, 6.07) is 10.5. The van der Waals surface area contributed by atoms with Crippen LogP contribution < -0.4 is 0 Å². The first kappa shape index (κ1) is 16.8. The minimum Gasteiger partial charge on any atom is -0.468 e. The molecule has 0 radical (unpaired) electrons. The molecule has 1 saturated heterocycles. The molecule has 0 unspecified atom stereocenters. The number of rotatable bonds is 5. The Bertz CT molecular complexity index is 852. The summed E-state index contributed by atoms with van der Waals surface area (Å²) in [6.45, 7) is 0.406. The standard InChI is InChI=1S/C17H16ClNO4S/c18-16-6-2-1-4-13(16)7-8-17(20)19-10-15(11-19)24(21,22)12-14-5-3-9-23-14/h1-9,15H,10-12H2/b8-7+. The maximum Gasteiger partial charge on any atom is 0.246 e. The lowest BCUT2D eigenvalue weighted by molar-refractivity contribution is -0.128. The van der Waals surface area contributed by atoms with Crippen molar-refractivity contribution in [3.05, 3.63) is 65.1 Å². The zero-order valence-electron chi connectivity index (χ0n) is 12.8. The molecule has 24 heavy (non-hydrogen) atoms. The Morgan fingerprint density at radius 2 is 2.00 bits per heavy atom. The van der Waals surface area contributed by atoms with Gasteiger partial charge < -0.3 is 9.32 Å². The molecule has 1 aromatic heterocycles. The van der Waals surface area contributed by atoms with Crippen LogP contribution in [0.4, 0.5) is 0 Å². The van der Waals surface area contributed by atoms with Crippen molar-refractivity contribution >= 4 is 33.4 Å². The van der Waals surface area contributed by atoms with Crippen LogP contribution in [-0.2, 0) is 20.4 Å². The van der Waals surface area contributed by atoms with Gasteiger partial charge in [-0.3, -0.25) is 4.79 Å². The van der Waals surface area contributed by atoms with Crippen molar-refractivity contribution < 1.29 is 17.6 Å². The largest absolute Gasteiger partial charge is 0.468 e. The van der Waals surface area contributed by atoms with Gasteiger partial charge in [0.2, 0.25) is 5.91 Å². The number of amides is 1. The molecule has 2 aromatic rings. The van der Waals surface area contributed by atoms with Crippen LogP contribution in [0.3, 0.4) is 0 Å². The Balaban J connectivity index is 1.56. The van der Waals surface area contributed by atoms with E-state index in [9.17, 15) is 13.2 Å². The first-order valence-corrected chi connectivity index (χ1v) is 9.50. The number of carbonyl (C=O) groups is 1. The molecule has 7 heteroatoms. The highest BCUT2D eigenvalue weighted by molar-refractivity contribution is 7.91. The minimum absolute atomic E-state index is 0.137. The Kier molecular flexibility index (Phi) is 4.78. The molecular formula is C17H16ClNO4S. The zero-order valence-corrected chi connectivity index (χ0v) is 14.3. The number of benzene rings is 1. The summed E-state index contributed by atoms with van der Waals surface area (Å²) < 4.78 is 29.6. The SMILES string of the molecule is O=C(/C=C/c1ccccc1Cl)N1CC(S(=O)(=O)Cc2ccco2)C1. The van der Waals surface area contributed by atoms with Gasteiger partial charge >= 0.3 is 0 Å². The van der Waals surface area contributed by atoms with Crippen LogP contribution in [0, 0.1) is 0 Å². The number of carbonyl (C=O) groups excluding carboxylic acids is 1. The van der Waals surface area contributed by atoms with Crippen molar-refractivity contribution in [2.24, 2.45) is 0 Å². The number of furan rings is 1. The number of sulfone groups is 1. The lowest BCUT2D eigenvalue weighted by Gasteiger charge is -2.37. The van der Waals surface area contributed by atoms with Crippen LogP contribution >= 0.6 is 11.6 Å². The molecule has 1 aromatic carbocycles. The van der Waals surface area contributed by atoms with Gasteiger partial charge in [0, 0.05) is 24.2 Å². The molecule has 5 nitrogen and oxygen atoms in total. The molecule has 126 valence electrons. The molecule has 0 bridgehead atoms. The topological polar surface area (TPSA) is 67.6 Å². The summed E-state index contributed by atoms with van der Waals surface area (Å²) in [5.74, 6) is 0.0556. The third-order valence-corrected chi connectivity index (χ3v) is 6.25. The number of halogens is 1. The van der Waals surface area contributed by atoms with Crippen molar-refractivity contribution in [3.8, 4) is 0 Å². The van der Waals surface area contributed by atoms with Crippen molar-refractivity contribution in [1.82, 2.24) is 4.90 Å². The van der Waals surface area contributed by atoms with Gasteiger partial charge in [0.1, 0.15) is 11.5 Å². The maximum atomic E-state index is 12.2. The fraction of sp³-hybridized carbons (Fsp3) is 0.235. The summed E-state index contributed by atoms with van der Waals surface area (Å²) in [4.78, 5) is 13.6. The van der Waals surface area contributed by atoms with E-state index in [4.69, 9.17) is 16.0 Å². The first-order valence-electron chi connectivity index (χ1n) is 7.41. The Labute approximate surface area is 145 Å². The van der Waals surface area contributed by atoms with Crippen LogP contribution in [0.15, 0.2) is 53.2 Å². The third kappa shape index (κ3) is 3.71. The predicted molar refractivity (Wildman–Crippen MR) is 92.2 cm³/mol. The fourth-order valence-corrected chi connectivity index (χ4v) is 4.24. The molecule has 0 N–H and O–H groups in total. The van der Waals surface area contributed by atoms with Gasteiger partial charge in [-0.1, -0.05) is 29.8 Å². The summed E-state index contributed by atoms with van der Waals surface area (Å²) in [6.07, 6.45) is 4.49. The zero-order chi connectivity index (χ0) is 17.2. The van der Waals surface area contributed by atoms with Crippen molar-refractivity contribution in [2.45, 2.75) is 11.0 Å². The van der Waals surface area contributed by atoms with Crippen LogP contribution in [-0.4, -0.2) is 37.6 Å². The molecule has 2 heterocycles. The number of hydrogen-bond donors (Lipinski definition) is 0. The molecule has 0 aliphatic carbocycles. The van der Waals surface area contributed by atoms with E-state index in [-0.39, 0.29) is 24.7 Å². The van der Waals surface area contributed by atoms with Gasteiger partial charge in [-0.2, -0.15) is 0 Å². The highest BCUT2D eigenvalue weighted by Crippen LogP contribution is 2.22. The van der Waals surface area contributed by atoms with Gasteiger partial charge in [-0.05, 0) is 29.8 Å². The predicted octanol–water partition coefficient (Wildman–Crippen LogP) is 2.77. The minimum atomic E-state index is -3.32. The van der Waals surface area contributed by atoms with E-state index >= 15 is 0 Å². The van der Waals surface area contributed by atoms with Crippen molar-refractivity contribution in [1.29, 1.82) is 0 Å². The van der Waals surface area contributed by atoms with E-state index in [0.717, 1.165) is 5.56 Å². The quantitative estimate of drug-likeness (QED) is 0.764. The van der Waals surface area contributed by atoms with E-state index in [1.807, 2.05) is 12.1 Å². The first-order chi connectivity index (χ1) is 11.5. The maximum absolute atomic E-state index is 12.2. The van der Waals surface area contributed by atoms with E-state index in [2.05, 4.69) is 0 Å². The van der Waals surface area contributed by atoms with Gasteiger partial charge in [-0.25, -0.2) is 8.42 Å². The molecular weight excluding hydrogens is 350 g/mol. The van der Waals surface area contributed by atoms with E-state index in [1.54, 1.807) is 30.3 Å². The Morgan fingerprint density at radius 1 is 1.25 bits per heavy atom. The fourth-order valence-electron chi connectivity index (χ4n) is 2.43. The van der Waals surface area contributed by atoms with Crippen LogP contribution in [0.2, 0.25) is 5.02 Å². The van der Waals surface area contributed by atoms with Crippen molar-refractivity contribution in [2.75, 3.05) is 13.1 Å². The third-order valence-electron chi connectivity index (χ3n) is 3.90. The number of nitrogens with zero attached hydrogens (tertiary/aromatic N) is 1.